The van der Waals surface area contributed by atoms with Crippen molar-refractivity contribution >= 4 is 5.91 Å². The van der Waals surface area contributed by atoms with Crippen LogP contribution < -0.4 is 0 Å². The van der Waals surface area contributed by atoms with Crippen molar-refractivity contribution in [1.82, 2.24) is 25.0 Å². The first kappa shape index (κ1) is 18.8. The van der Waals surface area contributed by atoms with Gasteiger partial charge in [0.25, 0.3) is 0 Å². The molecule has 1 amide bonds. The molecule has 1 aromatic heterocycles. The fraction of sp³-hybridized carbons (Fsp3) is 0.591. The fourth-order valence-corrected chi connectivity index (χ4v) is 5.30. The second kappa shape index (κ2) is 7.54. The molecule has 0 radical (unpaired) electrons. The Bertz CT molecular complexity index is 855. The molecule has 1 N–H and O–H groups in total. The van der Waals surface area contributed by atoms with Crippen LogP contribution >= 0.6 is 0 Å². The molecule has 3 aliphatic rings. The average molecular weight is 396 g/mol. The minimum atomic E-state index is 0.0598. The largest absolute Gasteiger partial charge is 0.381 e. The topological polar surface area (TPSA) is 74.3 Å². The molecule has 0 bridgehead atoms. The SMILES string of the molecule is Cc1nc(C2CN(Cc3ccccc3)CC23CN(C(=O)C2CCOCC2)C3)n[nH]1. The van der Waals surface area contributed by atoms with Gasteiger partial charge < -0.3 is 9.64 Å². The minimum Gasteiger partial charge on any atom is -0.381 e. The van der Waals surface area contributed by atoms with Gasteiger partial charge in [0.15, 0.2) is 5.82 Å². The molecule has 3 fully saturated rings. The molecule has 7 heteroatoms. The highest BCUT2D eigenvalue weighted by Gasteiger charge is 2.57. The zero-order valence-electron chi connectivity index (χ0n) is 17.0. The van der Waals surface area contributed by atoms with Crippen molar-refractivity contribution in [3.63, 3.8) is 0 Å². The van der Waals surface area contributed by atoms with Gasteiger partial charge in [-0.05, 0) is 25.3 Å². The van der Waals surface area contributed by atoms with Crippen LogP contribution in [0.15, 0.2) is 30.3 Å². The molecule has 0 saturated carbocycles. The van der Waals surface area contributed by atoms with E-state index in [-0.39, 0.29) is 17.3 Å². The number of hydrogen-bond acceptors (Lipinski definition) is 5. The van der Waals surface area contributed by atoms with E-state index in [0.29, 0.717) is 19.1 Å². The van der Waals surface area contributed by atoms with Crippen LogP contribution in [-0.4, -0.2) is 70.3 Å². The van der Waals surface area contributed by atoms with E-state index in [9.17, 15) is 4.79 Å². The minimum absolute atomic E-state index is 0.0598. The number of likely N-dealkylation sites (tertiary alicyclic amines) is 2. The highest BCUT2D eigenvalue weighted by atomic mass is 16.5. The molecule has 5 rings (SSSR count). The number of benzene rings is 1. The standard InChI is InChI=1S/C22H29N5O2/c1-16-23-20(25-24-16)19-12-26(11-17-5-3-2-4-6-17)13-22(19)14-27(15-22)21(28)18-7-9-29-10-8-18/h2-6,18-19H,7-15H2,1H3,(H,23,24,25). The van der Waals surface area contributed by atoms with Crippen LogP contribution in [0, 0.1) is 18.3 Å². The Morgan fingerprint density at radius 3 is 2.66 bits per heavy atom. The van der Waals surface area contributed by atoms with Gasteiger partial charge in [0, 0.05) is 63.2 Å². The zero-order chi connectivity index (χ0) is 19.8. The van der Waals surface area contributed by atoms with Gasteiger partial charge >= 0.3 is 0 Å². The van der Waals surface area contributed by atoms with Gasteiger partial charge in [-0.1, -0.05) is 30.3 Å². The highest BCUT2D eigenvalue weighted by Crippen LogP contribution is 2.49. The molecule has 29 heavy (non-hydrogen) atoms. The molecule has 0 aliphatic carbocycles. The first-order valence-corrected chi connectivity index (χ1v) is 10.6. The summed E-state index contributed by atoms with van der Waals surface area (Å²) in [4.78, 5) is 22.2. The number of nitrogens with one attached hydrogen (secondary N) is 1. The number of carbonyl (C=O) groups is 1. The predicted octanol–water partition coefficient (Wildman–Crippen LogP) is 1.97. The van der Waals surface area contributed by atoms with Crippen LogP contribution in [-0.2, 0) is 16.1 Å². The zero-order valence-corrected chi connectivity index (χ0v) is 17.0. The van der Waals surface area contributed by atoms with Crippen molar-refractivity contribution in [3.05, 3.63) is 47.5 Å². The number of carbonyl (C=O) groups excluding carboxylic acids is 1. The summed E-state index contributed by atoms with van der Waals surface area (Å²) in [6.07, 6.45) is 1.71. The molecule has 154 valence electrons. The number of amides is 1. The van der Waals surface area contributed by atoms with Gasteiger partial charge in [-0.15, -0.1) is 0 Å². The van der Waals surface area contributed by atoms with Crippen molar-refractivity contribution < 1.29 is 9.53 Å². The van der Waals surface area contributed by atoms with Crippen LogP contribution in [0.3, 0.4) is 0 Å². The second-order valence-corrected chi connectivity index (χ2v) is 8.93. The van der Waals surface area contributed by atoms with E-state index < -0.39 is 0 Å². The normalized spacial score (nSPS) is 24.7. The van der Waals surface area contributed by atoms with Crippen LogP contribution in [0.5, 0.6) is 0 Å². The van der Waals surface area contributed by atoms with E-state index in [4.69, 9.17) is 4.74 Å². The van der Waals surface area contributed by atoms with Gasteiger partial charge in [0.2, 0.25) is 5.91 Å². The summed E-state index contributed by atoms with van der Waals surface area (Å²) in [5.74, 6) is 2.45. The van der Waals surface area contributed by atoms with E-state index in [0.717, 1.165) is 57.2 Å². The Labute approximate surface area is 171 Å². The highest BCUT2D eigenvalue weighted by molar-refractivity contribution is 5.80. The molecule has 1 unspecified atom stereocenters. The Kier molecular flexibility index (Phi) is 4.87. The summed E-state index contributed by atoms with van der Waals surface area (Å²) in [7, 11) is 0. The van der Waals surface area contributed by atoms with Crippen molar-refractivity contribution in [2.75, 3.05) is 39.4 Å². The summed E-state index contributed by atoms with van der Waals surface area (Å²) in [6, 6.07) is 10.6. The van der Waals surface area contributed by atoms with E-state index in [2.05, 4.69) is 55.3 Å². The lowest BCUT2D eigenvalue weighted by atomic mass is 9.70. The number of aromatic amines is 1. The molecule has 4 heterocycles. The van der Waals surface area contributed by atoms with Crippen LogP contribution in [0.25, 0.3) is 0 Å². The van der Waals surface area contributed by atoms with Gasteiger partial charge in [-0.3, -0.25) is 14.8 Å². The molecule has 1 spiro atoms. The molecular weight excluding hydrogens is 366 g/mol. The van der Waals surface area contributed by atoms with Gasteiger partial charge in [-0.25, -0.2) is 4.98 Å². The molecule has 7 nitrogen and oxygen atoms in total. The molecular formula is C22H29N5O2. The maximum atomic E-state index is 13.0. The number of hydrogen-bond donors (Lipinski definition) is 1. The number of rotatable bonds is 4. The third kappa shape index (κ3) is 3.57. The number of H-pyrrole nitrogens is 1. The Morgan fingerprint density at radius 2 is 1.97 bits per heavy atom. The number of nitrogens with zero attached hydrogens (tertiary/aromatic N) is 4. The van der Waals surface area contributed by atoms with Crippen molar-refractivity contribution in [1.29, 1.82) is 0 Å². The number of aromatic nitrogens is 3. The summed E-state index contributed by atoms with van der Waals surface area (Å²) in [5, 5.41) is 7.50. The van der Waals surface area contributed by atoms with Crippen molar-refractivity contribution in [2.24, 2.45) is 11.3 Å². The monoisotopic (exact) mass is 395 g/mol. The maximum absolute atomic E-state index is 13.0. The van der Waals surface area contributed by atoms with E-state index in [1.807, 2.05) is 6.92 Å². The van der Waals surface area contributed by atoms with Crippen LogP contribution in [0.2, 0.25) is 0 Å². The van der Waals surface area contributed by atoms with E-state index in [1.165, 1.54) is 5.56 Å². The summed E-state index contributed by atoms with van der Waals surface area (Å²) in [5.41, 5.74) is 1.38. The Morgan fingerprint density at radius 1 is 1.21 bits per heavy atom. The summed E-state index contributed by atoms with van der Waals surface area (Å²) in [6.45, 7) is 7.83. The van der Waals surface area contributed by atoms with Gasteiger partial charge in [0.05, 0.1) is 0 Å². The van der Waals surface area contributed by atoms with E-state index >= 15 is 0 Å². The maximum Gasteiger partial charge on any atom is 0.225 e. The van der Waals surface area contributed by atoms with Gasteiger partial charge in [-0.2, -0.15) is 5.10 Å². The summed E-state index contributed by atoms with van der Waals surface area (Å²) >= 11 is 0. The lowest BCUT2D eigenvalue weighted by Crippen LogP contribution is -2.62. The predicted molar refractivity (Wildman–Crippen MR) is 108 cm³/mol. The second-order valence-electron chi connectivity index (χ2n) is 8.93. The molecule has 3 aliphatic heterocycles. The third-order valence-electron chi connectivity index (χ3n) is 6.79. The quantitative estimate of drug-likeness (QED) is 0.857. The lowest BCUT2D eigenvalue weighted by molar-refractivity contribution is -0.151. The van der Waals surface area contributed by atoms with E-state index in [1.54, 1.807) is 0 Å². The Hall–Kier alpha value is -2.25. The molecule has 1 atom stereocenters. The van der Waals surface area contributed by atoms with Crippen molar-refractivity contribution in [2.45, 2.75) is 32.2 Å². The summed E-state index contributed by atoms with van der Waals surface area (Å²) < 4.78 is 5.43. The molecule has 1 aromatic carbocycles. The smallest absolute Gasteiger partial charge is 0.225 e. The fourth-order valence-electron chi connectivity index (χ4n) is 5.30. The third-order valence-corrected chi connectivity index (χ3v) is 6.79. The van der Waals surface area contributed by atoms with Crippen molar-refractivity contribution in [3.8, 4) is 0 Å². The first-order chi connectivity index (χ1) is 14.1. The average Bonchev–Trinajstić information content (AvgIpc) is 3.31. The lowest BCUT2D eigenvalue weighted by Gasteiger charge is -2.51. The van der Waals surface area contributed by atoms with Crippen LogP contribution in [0.1, 0.15) is 36.0 Å². The van der Waals surface area contributed by atoms with Crippen LogP contribution in [0.4, 0.5) is 0 Å². The first-order valence-electron chi connectivity index (χ1n) is 10.6. The molecule has 3 saturated heterocycles. The Balaban J connectivity index is 1.32. The molecule has 2 aromatic rings. The van der Waals surface area contributed by atoms with Gasteiger partial charge in [0.1, 0.15) is 5.82 Å². The number of ether oxygens (including phenoxy) is 1. The number of aryl methyl sites for hydroxylation is 1.